The van der Waals surface area contributed by atoms with Gasteiger partial charge in [0.15, 0.2) is 5.76 Å². The molecule has 2 heterocycles. The van der Waals surface area contributed by atoms with E-state index in [-0.39, 0.29) is 50.7 Å². The quantitative estimate of drug-likeness (QED) is 0.493. The SMILES string of the molecule is COc1c(-c2ccc(O)cc2)oc2cc3oc(C(C)(C)O)cc3c(O)c2c1=O. The molecule has 7 heteroatoms. The number of hydrogen-bond acceptors (Lipinski definition) is 7. The average Bonchev–Trinajstić information content (AvgIpc) is 3.07. The van der Waals surface area contributed by atoms with Crippen molar-refractivity contribution in [1.82, 2.24) is 0 Å². The summed E-state index contributed by atoms with van der Waals surface area (Å²) in [6.45, 7) is 3.10. The van der Waals surface area contributed by atoms with Crippen molar-refractivity contribution >= 4 is 21.9 Å². The minimum Gasteiger partial charge on any atom is -0.508 e. The highest BCUT2D eigenvalue weighted by atomic mass is 16.5. The number of ether oxygens (including phenoxy) is 1. The van der Waals surface area contributed by atoms with Gasteiger partial charge in [0.25, 0.3) is 0 Å². The van der Waals surface area contributed by atoms with E-state index in [4.69, 9.17) is 13.6 Å². The molecule has 0 radical (unpaired) electrons. The van der Waals surface area contributed by atoms with Crippen LogP contribution in [0.3, 0.4) is 0 Å². The molecule has 2 aromatic heterocycles. The number of methoxy groups -OCH3 is 1. The summed E-state index contributed by atoms with van der Waals surface area (Å²) in [5.74, 6) is 0.0920. The zero-order valence-corrected chi connectivity index (χ0v) is 15.4. The third-order valence-corrected chi connectivity index (χ3v) is 4.55. The fourth-order valence-electron chi connectivity index (χ4n) is 3.10. The number of rotatable bonds is 3. The van der Waals surface area contributed by atoms with E-state index in [1.54, 1.807) is 26.0 Å². The van der Waals surface area contributed by atoms with E-state index >= 15 is 0 Å². The minimum atomic E-state index is -1.26. The normalized spacial score (nSPS) is 12.0. The van der Waals surface area contributed by atoms with Crippen LogP contribution < -0.4 is 10.2 Å². The predicted molar refractivity (Wildman–Crippen MR) is 103 cm³/mol. The van der Waals surface area contributed by atoms with Crippen molar-refractivity contribution in [2.75, 3.05) is 7.11 Å². The molecule has 28 heavy (non-hydrogen) atoms. The number of fused-ring (bicyclic) bond motifs is 2. The van der Waals surface area contributed by atoms with Gasteiger partial charge in [0, 0.05) is 11.6 Å². The highest BCUT2D eigenvalue weighted by Crippen LogP contribution is 2.40. The van der Waals surface area contributed by atoms with Crippen molar-refractivity contribution in [3.63, 3.8) is 0 Å². The highest BCUT2D eigenvalue weighted by Gasteiger charge is 2.26. The van der Waals surface area contributed by atoms with E-state index in [0.717, 1.165) is 0 Å². The first-order valence-electron chi connectivity index (χ1n) is 8.53. The Labute approximate surface area is 159 Å². The Morgan fingerprint density at radius 3 is 2.29 bits per heavy atom. The molecule has 0 atom stereocenters. The fraction of sp³-hybridized carbons (Fsp3) is 0.190. The maximum absolute atomic E-state index is 13.0. The summed E-state index contributed by atoms with van der Waals surface area (Å²) in [5.41, 5.74) is -0.908. The van der Waals surface area contributed by atoms with E-state index < -0.39 is 11.0 Å². The molecule has 0 aliphatic rings. The van der Waals surface area contributed by atoms with Crippen molar-refractivity contribution in [3.05, 3.63) is 52.4 Å². The summed E-state index contributed by atoms with van der Waals surface area (Å²) < 4.78 is 16.8. The van der Waals surface area contributed by atoms with Crippen LogP contribution in [0.5, 0.6) is 17.2 Å². The van der Waals surface area contributed by atoms with E-state index in [1.807, 2.05) is 0 Å². The molecule has 7 nitrogen and oxygen atoms in total. The van der Waals surface area contributed by atoms with Crippen molar-refractivity contribution in [1.29, 1.82) is 0 Å². The molecule has 4 rings (SSSR count). The Balaban J connectivity index is 2.08. The number of phenols is 2. The van der Waals surface area contributed by atoms with Crippen LogP contribution in [0.4, 0.5) is 0 Å². The Morgan fingerprint density at radius 2 is 1.68 bits per heavy atom. The summed E-state index contributed by atoms with van der Waals surface area (Å²) in [4.78, 5) is 13.0. The van der Waals surface area contributed by atoms with Crippen LogP contribution in [0.25, 0.3) is 33.3 Å². The van der Waals surface area contributed by atoms with Crippen LogP contribution >= 0.6 is 0 Å². The van der Waals surface area contributed by atoms with E-state index in [1.165, 1.54) is 31.4 Å². The molecule has 2 aromatic carbocycles. The van der Waals surface area contributed by atoms with Gasteiger partial charge in [0.1, 0.15) is 39.4 Å². The Hall–Kier alpha value is -3.45. The van der Waals surface area contributed by atoms with Gasteiger partial charge < -0.3 is 28.9 Å². The third kappa shape index (κ3) is 2.68. The van der Waals surface area contributed by atoms with E-state index in [0.29, 0.717) is 5.56 Å². The van der Waals surface area contributed by atoms with Crippen molar-refractivity contribution < 1.29 is 28.9 Å². The van der Waals surface area contributed by atoms with Crippen molar-refractivity contribution in [2.45, 2.75) is 19.4 Å². The van der Waals surface area contributed by atoms with Gasteiger partial charge >= 0.3 is 0 Å². The zero-order valence-electron chi connectivity index (χ0n) is 15.4. The third-order valence-electron chi connectivity index (χ3n) is 4.55. The lowest BCUT2D eigenvalue weighted by Crippen LogP contribution is -2.13. The van der Waals surface area contributed by atoms with Gasteiger partial charge in [-0.05, 0) is 44.2 Å². The number of aliphatic hydroxyl groups is 1. The molecule has 0 aliphatic heterocycles. The van der Waals surface area contributed by atoms with Crippen LogP contribution in [0.1, 0.15) is 19.6 Å². The molecular formula is C21H18O7. The topological polar surface area (TPSA) is 113 Å². The average molecular weight is 382 g/mol. The van der Waals surface area contributed by atoms with Gasteiger partial charge in [0.05, 0.1) is 12.5 Å². The number of aromatic hydroxyl groups is 2. The molecule has 4 aromatic rings. The highest BCUT2D eigenvalue weighted by molar-refractivity contribution is 6.02. The summed E-state index contributed by atoms with van der Waals surface area (Å²) in [5, 5.41) is 30.6. The van der Waals surface area contributed by atoms with Gasteiger partial charge in [-0.2, -0.15) is 0 Å². The monoisotopic (exact) mass is 382 g/mol. The first kappa shape index (κ1) is 17.9. The predicted octanol–water partition coefficient (Wildman–Crippen LogP) is 3.85. The lowest BCUT2D eigenvalue weighted by atomic mass is 10.0. The largest absolute Gasteiger partial charge is 0.508 e. The van der Waals surface area contributed by atoms with Gasteiger partial charge in [-0.3, -0.25) is 4.79 Å². The van der Waals surface area contributed by atoms with Gasteiger partial charge in [-0.25, -0.2) is 0 Å². The van der Waals surface area contributed by atoms with Crippen LogP contribution in [-0.2, 0) is 5.60 Å². The number of hydrogen-bond donors (Lipinski definition) is 3. The Morgan fingerprint density at radius 1 is 1.00 bits per heavy atom. The molecule has 3 N–H and O–H groups in total. The molecule has 0 bridgehead atoms. The Bertz CT molecular complexity index is 1250. The summed E-state index contributed by atoms with van der Waals surface area (Å²) in [7, 11) is 1.34. The van der Waals surface area contributed by atoms with Crippen molar-refractivity contribution in [2.24, 2.45) is 0 Å². The van der Waals surface area contributed by atoms with Gasteiger partial charge in [-0.15, -0.1) is 0 Å². The molecule has 0 saturated heterocycles. The first-order chi connectivity index (χ1) is 13.2. The standard InChI is InChI=1S/C21H18O7/c1-21(2,25)15-8-12-13(27-15)9-14-16(17(12)23)18(24)20(26-3)19(28-14)10-4-6-11(22)7-5-10/h4-9,22-23,25H,1-3H3. The molecule has 0 fully saturated rings. The number of benzene rings is 2. The van der Waals surface area contributed by atoms with Crippen LogP contribution in [-0.4, -0.2) is 22.4 Å². The molecule has 0 aliphatic carbocycles. The van der Waals surface area contributed by atoms with Crippen molar-refractivity contribution in [3.8, 4) is 28.6 Å². The molecular weight excluding hydrogens is 364 g/mol. The van der Waals surface area contributed by atoms with Crippen LogP contribution in [0.15, 0.2) is 50.0 Å². The summed E-state index contributed by atoms with van der Waals surface area (Å²) in [6, 6.07) is 9.07. The molecule has 144 valence electrons. The lowest BCUT2D eigenvalue weighted by molar-refractivity contribution is 0.0559. The van der Waals surface area contributed by atoms with E-state index in [9.17, 15) is 20.1 Å². The molecule has 0 saturated carbocycles. The zero-order chi connectivity index (χ0) is 20.2. The summed E-state index contributed by atoms with van der Waals surface area (Å²) >= 11 is 0. The van der Waals surface area contributed by atoms with Gasteiger partial charge in [-0.1, -0.05) is 0 Å². The van der Waals surface area contributed by atoms with Gasteiger partial charge in [0.2, 0.25) is 11.2 Å². The molecule has 0 unspecified atom stereocenters. The second-order valence-electron chi connectivity index (χ2n) is 7.02. The second kappa shape index (κ2) is 6.03. The minimum absolute atomic E-state index is 0.0463. The van der Waals surface area contributed by atoms with Crippen LogP contribution in [0.2, 0.25) is 0 Å². The van der Waals surface area contributed by atoms with Crippen LogP contribution in [0, 0.1) is 0 Å². The molecule has 0 amide bonds. The number of phenolic OH excluding ortho intramolecular Hbond substituents is 2. The maximum atomic E-state index is 13.0. The smallest absolute Gasteiger partial charge is 0.239 e. The summed E-state index contributed by atoms with van der Waals surface area (Å²) in [6.07, 6.45) is 0. The Kier molecular flexibility index (Phi) is 3.87. The first-order valence-corrected chi connectivity index (χ1v) is 8.53. The lowest BCUT2D eigenvalue weighted by Gasteiger charge is -2.12. The second-order valence-corrected chi connectivity index (χ2v) is 7.02. The van der Waals surface area contributed by atoms with E-state index in [2.05, 4.69) is 0 Å². The molecule has 0 spiro atoms. The fourth-order valence-corrected chi connectivity index (χ4v) is 3.10. The maximum Gasteiger partial charge on any atom is 0.239 e. The number of furan rings is 1.